The summed E-state index contributed by atoms with van der Waals surface area (Å²) in [4.78, 5) is 20.9. The molecule has 0 unspecified atom stereocenters. The Balaban J connectivity index is 0.000000261. The molecule has 0 radical (unpaired) electrons. The van der Waals surface area contributed by atoms with E-state index < -0.39 is 17.2 Å². The highest BCUT2D eigenvalue weighted by atomic mass is 19.1. The first-order valence-electron chi connectivity index (χ1n) is 11.7. The van der Waals surface area contributed by atoms with Crippen LogP contribution in [0.2, 0.25) is 0 Å². The van der Waals surface area contributed by atoms with Crippen molar-refractivity contribution in [2.45, 2.75) is 13.5 Å². The van der Waals surface area contributed by atoms with Gasteiger partial charge in [-0.05, 0) is 58.4 Å². The zero-order chi connectivity index (χ0) is 31.6. The molecular formula is C24H26BF3N6O8. The summed E-state index contributed by atoms with van der Waals surface area (Å²) in [6.07, 6.45) is 2.78. The van der Waals surface area contributed by atoms with Crippen LogP contribution in [0.5, 0.6) is 0 Å². The molecule has 18 heteroatoms. The minimum atomic E-state index is -3.17. The molecule has 4 aromatic rings. The molecule has 0 amide bonds. The van der Waals surface area contributed by atoms with E-state index in [1.807, 2.05) is 0 Å². The molecule has 2 heterocycles. The molecule has 4 rings (SSSR count). The van der Waals surface area contributed by atoms with Gasteiger partial charge in [-0.3, -0.25) is 0 Å². The fraction of sp³-hybridized carbons (Fsp3) is 0.250. The van der Waals surface area contributed by atoms with Crippen molar-refractivity contribution in [1.82, 2.24) is 9.13 Å². The molecule has 0 atom stereocenters. The minimum absolute atomic E-state index is 0.0589. The van der Waals surface area contributed by atoms with Crippen molar-refractivity contribution in [2.24, 2.45) is 14.1 Å². The number of imidazole rings is 2. The Labute approximate surface area is 237 Å². The fourth-order valence-electron chi connectivity index (χ4n) is 3.91. The Morgan fingerprint density at radius 3 is 1.26 bits per heavy atom. The average Bonchev–Trinajstić information content (AvgIpc) is 3.42. The summed E-state index contributed by atoms with van der Waals surface area (Å²) in [5.41, 5.74) is 1.35. The van der Waals surface area contributed by atoms with Crippen molar-refractivity contribution in [3.05, 3.63) is 92.8 Å². The van der Waals surface area contributed by atoms with Crippen molar-refractivity contribution in [2.75, 3.05) is 14.2 Å². The molecule has 0 bridgehead atoms. The highest BCUT2D eigenvalue weighted by molar-refractivity contribution is 6.27. The Morgan fingerprint density at radius 2 is 1.02 bits per heavy atom. The molecule has 42 heavy (non-hydrogen) atoms. The molecule has 0 aliphatic carbocycles. The number of ether oxygens (including phenoxy) is 2. The Bertz CT molecular complexity index is 1390. The van der Waals surface area contributed by atoms with Gasteiger partial charge in [0.05, 0.1) is 25.2 Å². The zero-order valence-corrected chi connectivity index (χ0v) is 22.8. The van der Waals surface area contributed by atoms with Crippen LogP contribution in [0.3, 0.4) is 0 Å². The summed E-state index contributed by atoms with van der Waals surface area (Å²) in [7, 11) is 3.01. The lowest BCUT2D eigenvalue weighted by Crippen LogP contribution is -2.39. The summed E-state index contributed by atoms with van der Waals surface area (Å²) in [5, 5.41) is 38.5. The smallest absolute Gasteiger partial charge is 0.365 e. The molecule has 2 aromatic carbocycles. The second-order valence-electron chi connectivity index (χ2n) is 8.32. The molecule has 0 aliphatic heterocycles. The van der Waals surface area contributed by atoms with E-state index in [0.717, 1.165) is 0 Å². The van der Waals surface area contributed by atoms with E-state index in [1.54, 1.807) is 47.5 Å². The van der Waals surface area contributed by atoms with Crippen molar-refractivity contribution >= 4 is 19.0 Å². The van der Waals surface area contributed by atoms with Gasteiger partial charge in [-0.1, -0.05) is 0 Å². The molecule has 0 saturated heterocycles. The van der Waals surface area contributed by atoms with Crippen molar-refractivity contribution in [3.8, 4) is 22.8 Å². The van der Waals surface area contributed by atoms with E-state index >= 15 is 0 Å². The quantitative estimate of drug-likeness (QED) is 0.126. The standard InChI is InChI=1S/2C12H13FN3O3.BFO2/c2*1-14-11(16(17)18)7-15(8-19-2)12(14)9-3-5-10(13)6-4-9;2-1(3)4/h2*3-7H,8H2,1-2H3;/q2*+1;-2. The summed E-state index contributed by atoms with van der Waals surface area (Å²) >= 11 is 0. The van der Waals surface area contributed by atoms with E-state index in [0.29, 0.717) is 22.8 Å². The fourth-order valence-corrected chi connectivity index (χ4v) is 3.91. The van der Waals surface area contributed by atoms with Gasteiger partial charge in [0, 0.05) is 14.2 Å². The summed E-state index contributed by atoms with van der Waals surface area (Å²) in [5.74, 6) is 0.325. The summed E-state index contributed by atoms with van der Waals surface area (Å²) in [6.45, 7) is 0.350. The maximum Gasteiger partial charge on any atom is 0.365 e. The summed E-state index contributed by atoms with van der Waals surface area (Å²) < 4.78 is 51.9. The van der Waals surface area contributed by atoms with Gasteiger partial charge in [0.15, 0.2) is 25.9 Å². The van der Waals surface area contributed by atoms with Gasteiger partial charge in [0.2, 0.25) is 0 Å². The third kappa shape index (κ3) is 8.68. The predicted octanol–water partition coefficient (Wildman–Crippen LogP) is 0.923. The van der Waals surface area contributed by atoms with Crippen molar-refractivity contribution in [1.29, 1.82) is 0 Å². The molecule has 0 spiro atoms. The number of hydrogen-bond donors (Lipinski definition) is 0. The molecule has 2 aromatic heterocycles. The van der Waals surface area contributed by atoms with Gasteiger partial charge in [0.25, 0.3) is 11.6 Å². The normalized spacial score (nSPS) is 10.3. The predicted molar refractivity (Wildman–Crippen MR) is 136 cm³/mol. The third-order valence-corrected chi connectivity index (χ3v) is 5.52. The van der Waals surface area contributed by atoms with Crippen LogP contribution < -0.4 is 19.2 Å². The second-order valence-corrected chi connectivity index (χ2v) is 8.32. The minimum Gasteiger partial charge on any atom is -0.867 e. The van der Waals surface area contributed by atoms with Crippen LogP contribution >= 0.6 is 0 Å². The molecule has 0 N–H and O–H groups in total. The van der Waals surface area contributed by atoms with Crippen LogP contribution in [0.4, 0.5) is 24.7 Å². The maximum absolute atomic E-state index is 12.9. The molecule has 14 nitrogen and oxygen atoms in total. The monoisotopic (exact) mass is 594 g/mol. The number of hydrogen-bond acceptors (Lipinski definition) is 8. The number of methoxy groups -OCH3 is 2. The largest absolute Gasteiger partial charge is 0.867 e. The van der Waals surface area contributed by atoms with Crippen LogP contribution in [0.15, 0.2) is 60.9 Å². The van der Waals surface area contributed by atoms with Crippen LogP contribution in [-0.4, -0.2) is 40.6 Å². The maximum atomic E-state index is 12.9. The first-order valence-corrected chi connectivity index (χ1v) is 11.7. The number of nitrogens with zero attached hydrogens (tertiary/aromatic N) is 6. The number of aromatic nitrogens is 4. The van der Waals surface area contributed by atoms with E-state index in [1.165, 1.54) is 60.0 Å². The lowest BCUT2D eigenvalue weighted by molar-refractivity contribution is -0.721. The molecular weight excluding hydrogens is 568 g/mol. The SMILES string of the molecule is COC[n+]1cc([N+](=O)[O-])n(C)c1-c1ccc(F)cc1.COC[n+]1cc([N+](=O)[O-])n(C)c1-c1ccc(F)cc1.[O-]B([O-])F. The molecule has 0 aliphatic rings. The van der Waals surface area contributed by atoms with Gasteiger partial charge >= 0.3 is 11.6 Å². The highest BCUT2D eigenvalue weighted by Gasteiger charge is 2.27. The van der Waals surface area contributed by atoms with Crippen LogP contribution in [0.1, 0.15) is 0 Å². The topological polar surface area (TPSA) is 168 Å². The molecule has 0 saturated carbocycles. The van der Waals surface area contributed by atoms with Crippen LogP contribution in [0, 0.1) is 31.9 Å². The Morgan fingerprint density at radius 1 is 0.738 bits per heavy atom. The number of halogens is 3. The zero-order valence-electron chi connectivity index (χ0n) is 22.8. The number of rotatable bonds is 8. The first-order chi connectivity index (χ1) is 19.8. The van der Waals surface area contributed by atoms with Gasteiger partial charge in [-0.2, -0.15) is 9.13 Å². The van der Waals surface area contributed by atoms with Gasteiger partial charge in [-0.25, -0.2) is 17.9 Å². The lowest BCUT2D eigenvalue weighted by atomic mass is 10.2. The Kier molecular flexibility index (Phi) is 12.3. The average molecular weight is 594 g/mol. The first kappa shape index (κ1) is 33.6. The van der Waals surface area contributed by atoms with Gasteiger partial charge < -0.3 is 44.1 Å². The van der Waals surface area contributed by atoms with E-state index in [9.17, 15) is 33.3 Å². The van der Waals surface area contributed by atoms with Crippen molar-refractivity contribution in [3.63, 3.8) is 0 Å². The van der Waals surface area contributed by atoms with E-state index in [-0.39, 0.29) is 36.7 Å². The molecule has 224 valence electrons. The van der Waals surface area contributed by atoms with Crippen LogP contribution in [0.25, 0.3) is 22.8 Å². The number of nitro groups is 2. The third-order valence-electron chi connectivity index (χ3n) is 5.52. The number of benzene rings is 2. The van der Waals surface area contributed by atoms with E-state index in [4.69, 9.17) is 19.5 Å². The summed E-state index contributed by atoms with van der Waals surface area (Å²) in [6, 6.07) is 11.5. The van der Waals surface area contributed by atoms with Gasteiger partial charge in [0.1, 0.15) is 19.0 Å². The molecule has 0 fully saturated rings. The second kappa shape index (κ2) is 15.4. The van der Waals surface area contributed by atoms with E-state index in [2.05, 4.69) is 0 Å². The highest BCUT2D eigenvalue weighted by Crippen LogP contribution is 2.22. The van der Waals surface area contributed by atoms with Crippen molar-refractivity contribution < 1.29 is 51.6 Å². The van der Waals surface area contributed by atoms with Gasteiger partial charge in [-0.15, -0.1) is 0 Å². The van der Waals surface area contributed by atoms with Crippen LogP contribution in [-0.2, 0) is 37.0 Å². The Hall–Kier alpha value is -4.65. The lowest BCUT2D eigenvalue weighted by Gasteiger charge is -2.09.